The predicted molar refractivity (Wildman–Crippen MR) is 77.6 cm³/mol. The summed E-state index contributed by atoms with van der Waals surface area (Å²) in [5.41, 5.74) is 4.03. The van der Waals surface area contributed by atoms with Gasteiger partial charge in [-0.2, -0.15) is 0 Å². The summed E-state index contributed by atoms with van der Waals surface area (Å²) < 4.78 is 0. The molecule has 0 fully saturated rings. The van der Waals surface area contributed by atoms with E-state index in [1.54, 1.807) is 0 Å². The van der Waals surface area contributed by atoms with Gasteiger partial charge >= 0.3 is 0 Å². The Labute approximate surface area is 107 Å². The molecule has 18 heavy (non-hydrogen) atoms. The van der Waals surface area contributed by atoms with Crippen molar-refractivity contribution in [2.75, 3.05) is 12.4 Å². The van der Waals surface area contributed by atoms with Crippen LogP contribution in [-0.4, -0.2) is 7.05 Å². The van der Waals surface area contributed by atoms with E-state index in [9.17, 15) is 0 Å². The minimum Gasteiger partial charge on any atom is -0.388 e. The molecular weight excluding hydrogens is 220 g/mol. The molecule has 0 unspecified atom stereocenters. The molecule has 1 N–H and O–H groups in total. The molecule has 0 bridgehead atoms. The summed E-state index contributed by atoms with van der Waals surface area (Å²) in [6, 6.07) is 15.8. The fourth-order valence-corrected chi connectivity index (χ4v) is 1.61. The van der Waals surface area contributed by atoms with Crippen LogP contribution in [0.25, 0.3) is 17.0 Å². The monoisotopic (exact) mass is 234 g/mol. The van der Waals surface area contributed by atoms with Crippen LogP contribution in [0.2, 0.25) is 0 Å². The molecule has 0 atom stereocenters. The van der Waals surface area contributed by atoms with E-state index < -0.39 is 0 Å². The van der Waals surface area contributed by atoms with Gasteiger partial charge in [-0.05, 0) is 23.3 Å². The molecule has 2 rings (SSSR count). The quantitative estimate of drug-likeness (QED) is 0.613. The third-order valence-corrected chi connectivity index (χ3v) is 2.69. The molecule has 88 valence electrons. The molecular formula is C16H14N2. The van der Waals surface area contributed by atoms with E-state index in [1.165, 1.54) is 0 Å². The fraction of sp³-hybridized carbons (Fsp3) is 0.0625. The maximum absolute atomic E-state index is 6.89. The van der Waals surface area contributed by atoms with Gasteiger partial charge in [0.25, 0.3) is 0 Å². The Bertz CT molecular complexity index is 572. The number of nitrogens with zero attached hydrogens (tertiary/aromatic N) is 1. The number of nitrogens with one attached hydrogen (secondary N) is 1. The Hall–Kier alpha value is -2.53. The molecule has 0 aliphatic carbocycles. The summed E-state index contributed by atoms with van der Waals surface area (Å²) in [4.78, 5) is 3.37. The van der Waals surface area contributed by atoms with Gasteiger partial charge in [0, 0.05) is 12.7 Å². The highest BCUT2D eigenvalue weighted by Crippen LogP contribution is 2.15. The van der Waals surface area contributed by atoms with Gasteiger partial charge < -0.3 is 5.32 Å². The lowest BCUT2D eigenvalue weighted by Crippen LogP contribution is -1.86. The molecule has 2 nitrogen and oxygen atoms in total. The second-order valence-electron chi connectivity index (χ2n) is 3.91. The molecule has 0 saturated carbocycles. The summed E-state index contributed by atoms with van der Waals surface area (Å²) in [6.45, 7) is 6.89. The molecule has 2 aromatic carbocycles. The Morgan fingerprint density at radius 1 is 0.889 bits per heavy atom. The normalized spacial score (nSPS) is 10.2. The average molecular weight is 234 g/mol. The van der Waals surface area contributed by atoms with E-state index in [2.05, 4.69) is 28.4 Å². The molecule has 0 heterocycles. The molecule has 0 aliphatic heterocycles. The Morgan fingerprint density at radius 2 is 1.39 bits per heavy atom. The lowest BCUT2D eigenvalue weighted by Gasteiger charge is -1.99. The zero-order valence-corrected chi connectivity index (χ0v) is 10.2. The summed E-state index contributed by atoms with van der Waals surface area (Å²) in [6.07, 6.45) is 4.11. The highest BCUT2D eigenvalue weighted by molar-refractivity contribution is 5.71. The van der Waals surface area contributed by atoms with Crippen LogP contribution in [0.15, 0.2) is 48.5 Å². The van der Waals surface area contributed by atoms with Crippen molar-refractivity contribution in [3.63, 3.8) is 0 Å². The van der Waals surface area contributed by atoms with Crippen molar-refractivity contribution in [3.8, 4) is 0 Å². The standard InChI is InChI=1S/C16H14N2/c1-17-15-9-5-13(6-10-15)3-4-14-7-11-16(18-2)12-8-14/h3-12,17H,1H3. The third kappa shape index (κ3) is 2.99. The highest BCUT2D eigenvalue weighted by atomic mass is 14.8. The van der Waals surface area contributed by atoms with E-state index in [0.29, 0.717) is 5.69 Å². The van der Waals surface area contributed by atoms with Crippen molar-refractivity contribution in [2.24, 2.45) is 0 Å². The molecule has 0 aromatic heterocycles. The van der Waals surface area contributed by atoms with Crippen molar-refractivity contribution in [3.05, 3.63) is 71.1 Å². The molecule has 0 saturated heterocycles. The van der Waals surface area contributed by atoms with Crippen molar-refractivity contribution < 1.29 is 0 Å². The molecule has 0 aliphatic rings. The van der Waals surface area contributed by atoms with Gasteiger partial charge in [0.2, 0.25) is 0 Å². The summed E-state index contributed by atoms with van der Waals surface area (Å²) >= 11 is 0. The van der Waals surface area contributed by atoms with Gasteiger partial charge in [-0.3, -0.25) is 0 Å². The average Bonchev–Trinajstić information content (AvgIpc) is 2.46. The number of hydrogen-bond donors (Lipinski definition) is 1. The molecule has 0 amide bonds. The van der Waals surface area contributed by atoms with Crippen molar-refractivity contribution in [1.82, 2.24) is 0 Å². The van der Waals surface area contributed by atoms with Gasteiger partial charge in [-0.1, -0.05) is 48.6 Å². The SMILES string of the molecule is [C-]#[N+]c1ccc(C=Cc2ccc(NC)cc2)cc1. The first-order chi connectivity index (χ1) is 8.81. The van der Waals surface area contributed by atoms with E-state index in [4.69, 9.17) is 6.57 Å². The maximum Gasteiger partial charge on any atom is 0.187 e. The first-order valence-electron chi connectivity index (χ1n) is 5.75. The van der Waals surface area contributed by atoms with Gasteiger partial charge in [0.1, 0.15) is 0 Å². The summed E-state index contributed by atoms with van der Waals surface area (Å²) in [7, 11) is 1.91. The number of rotatable bonds is 3. The minimum atomic E-state index is 0.672. The van der Waals surface area contributed by atoms with E-state index in [-0.39, 0.29) is 0 Å². The van der Waals surface area contributed by atoms with Gasteiger partial charge in [-0.15, -0.1) is 0 Å². The Balaban J connectivity index is 2.11. The van der Waals surface area contributed by atoms with Crippen LogP contribution in [-0.2, 0) is 0 Å². The molecule has 2 aromatic rings. The largest absolute Gasteiger partial charge is 0.388 e. The zero-order chi connectivity index (χ0) is 12.8. The van der Waals surface area contributed by atoms with Crippen LogP contribution in [0.1, 0.15) is 11.1 Å². The molecule has 0 spiro atoms. The van der Waals surface area contributed by atoms with E-state index in [1.807, 2.05) is 49.5 Å². The van der Waals surface area contributed by atoms with Crippen LogP contribution in [0.4, 0.5) is 11.4 Å². The van der Waals surface area contributed by atoms with Crippen LogP contribution in [0.5, 0.6) is 0 Å². The number of benzene rings is 2. The smallest absolute Gasteiger partial charge is 0.187 e. The first-order valence-corrected chi connectivity index (χ1v) is 5.75. The summed E-state index contributed by atoms with van der Waals surface area (Å²) in [5.74, 6) is 0. The lowest BCUT2D eigenvalue weighted by atomic mass is 10.1. The van der Waals surface area contributed by atoms with Crippen LogP contribution in [0, 0.1) is 6.57 Å². The van der Waals surface area contributed by atoms with E-state index >= 15 is 0 Å². The second-order valence-corrected chi connectivity index (χ2v) is 3.91. The Kier molecular flexibility index (Phi) is 3.78. The van der Waals surface area contributed by atoms with E-state index in [0.717, 1.165) is 16.8 Å². The second kappa shape index (κ2) is 5.70. The topological polar surface area (TPSA) is 16.4 Å². The zero-order valence-electron chi connectivity index (χ0n) is 10.2. The van der Waals surface area contributed by atoms with Crippen LogP contribution < -0.4 is 5.32 Å². The number of anilines is 1. The van der Waals surface area contributed by atoms with Gasteiger partial charge in [0.15, 0.2) is 5.69 Å². The van der Waals surface area contributed by atoms with Gasteiger partial charge in [-0.25, -0.2) is 4.85 Å². The number of hydrogen-bond acceptors (Lipinski definition) is 1. The van der Waals surface area contributed by atoms with Crippen LogP contribution in [0.3, 0.4) is 0 Å². The van der Waals surface area contributed by atoms with Crippen molar-refractivity contribution >= 4 is 23.5 Å². The Morgan fingerprint density at radius 3 is 1.83 bits per heavy atom. The summed E-state index contributed by atoms with van der Waals surface area (Å²) in [5, 5.41) is 3.09. The fourth-order valence-electron chi connectivity index (χ4n) is 1.61. The molecule has 2 heteroatoms. The first kappa shape index (κ1) is 11.9. The predicted octanol–water partition coefficient (Wildman–Crippen LogP) is 4.45. The lowest BCUT2D eigenvalue weighted by molar-refractivity contribution is 1.51. The molecule has 0 radical (unpaired) electrons. The van der Waals surface area contributed by atoms with Gasteiger partial charge in [0.05, 0.1) is 6.57 Å². The third-order valence-electron chi connectivity index (χ3n) is 2.69. The highest BCUT2D eigenvalue weighted by Gasteiger charge is 1.91. The van der Waals surface area contributed by atoms with Crippen molar-refractivity contribution in [1.29, 1.82) is 0 Å². The maximum atomic E-state index is 6.89. The van der Waals surface area contributed by atoms with Crippen LogP contribution >= 0.6 is 0 Å². The minimum absolute atomic E-state index is 0.672. The van der Waals surface area contributed by atoms with Crippen molar-refractivity contribution in [2.45, 2.75) is 0 Å².